The van der Waals surface area contributed by atoms with E-state index in [0.29, 0.717) is 17.1 Å². The van der Waals surface area contributed by atoms with Gasteiger partial charge in [0.1, 0.15) is 5.82 Å². The predicted molar refractivity (Wildman–Crippen MR) is 69.5 cm³/mol. The van der Waals surface area contributed by atoms with E-state index in [9.17, 15) is 4.39 Å². The fraction of sp³-hybridized carbons (Fsp3) is 0.143. The number of benzene rings is 2. The summed E-state index contributed by atoms with van der Waals surface area (Å²) in [6.07, 6.45) is 0. The minimum Gasteiger partial charge on any atom is -0.326 e. The van der Waals surface area contributed by atoms with Crippen molar-refractivity contribution in [2.75, 3.05) is 0 Å². The molecule has 0 radical (unpaired) electrons. The van der Waals surface area contributed by atoms with Crippen molar-refractivity contribution < 1.29 is 4.39 Å². The molecule has 2 aromatic rings. The van der Waals surface area contributed by atoms with Gasteiger partial charge in [0.2, 0.25) is 0 Å². The molecule has 0 amide bonds. The van der Waals surface area contributed by atoms with Crippen LogP contribution in [0.25, 0.3) is 11.1 Å². The Kier molecular flexibility index (Phi) is 3.46. The third-order valence-corrected chi connectivity index (χ3v) is 2.98. The Hall–Kier alpha value is -1.38. The number of nitrogens with two attached hydrogens (primary N) is 1. The van der Waals surface area contributed by atoms with Crippen LogP contribution in [0.15, 0.2) is 36.4 Å². The summed E-state index contributed by atoms with van der Waals surface area (Å²) in [5.74, 6) is -0.305. The molecule has 2 rings (SSSR count). The van der Waals surface area contributed by atoms with Crippen molar-refractivity contribution in [3.63, 3.8) is 0 Å². The average Bonchev–Trinajstić information content (AvgIpc) is 2.30. The minimum atomic E-state index is -0.305. The second-order valence-electron chi connectivity index (χ2n) is 3.98. The fourth-order valence-electron chi connectivity index (χ4n) is 1.86. The van der Waals surface area contributed by atoms with E-state index in [-0.39, 0.29) is 5.82 Å². The van der Waals surface area contributed by atoms with Gasteiger partial charge in [-0.3, -0.25) is 0 Å². The monoisotopic (exact) mass is 249 g/mol. The summed E-state index contributed by atoms with van der Waals surface area (Å²) >= 11 is 5.74. The first-order chi connectivity index (χ1) is 8.11. The Morgan fingerprint density at radius 1 is 1.12 bits per heavy atom. The summed E-state index contributed by atoms with van der Waals surface area (Å²) in [6, 6.07) is 10.5. The third-order valence-electron chi connectivity index (χ3n) is 2.75. The normalized spacial score (nSPS) is 10.6. The number of hydrogen-bond acceptors (Lipinski definition) is 1. The zero-order valence-corrected chi connectivity index (χ0v) is 10.3. The maximum atomic E-state index is 13.8. The highest BCUT2D eigenvalue weighted by Gasteiger charge is 2.08. The molecule has 88 valence electrons. The van der Waals surface area contributed by atoms with Crippen LogP contribution in [0, 0.1) is 12.7 Å². The van der Waals surface area contributed by atoms with Crippen LogP contribution in [-0.4, -0.2) is 0 Å². The Bertz CT molecular complexity index is 552. The zero-order chi connectivity index (χ0) is 12.4. The summed E-state index contributed by atoms with van der Waals surface area (Å²) in [5.41, 5.74) is 9.05. The first-order valence-electron chi connectivity index (χ1n) is 5.37. The van der Waals surface area contributed by atoms with Crippen molar-refractivity contribution in [1.82, 2.24) is 0 Å². The van der Waals surface area contributed by atoms with E-state index in [0.717, 1.165) is 16.7 Å². The molecule has 0 aliphatic rings. The van der Waals surface area contributed by atoms with Gasteiger partial charge in [0, 0.05) is 17.1 Å². The molecule has 17 heavy (non-hydrogen) atoms. The van der Waals surface area contributed by atoms with Gasteiger partial charge in [0.05, 0.1) is 0 Å². The van der Waals surface area contributed by atoms with Crippen LogP contribution in [0.3, 0.4) is 0 Å². The highest BCUT2D eigenvalue weighted by atomic mass is 35.5. The molecular weight excluding hydrogens is 237 g/mol. The molecule has 0 bridgehead atoms. The first kappa shape index (κ1) is 12.1. The second kappa shape index (κ2) is 4.86. The topological polar surface area (TPSA) is 26.0 Å². The van der Waals surface area contributed by atoms with Crippen molar-refractivity contribution in [2.45, 2.75) is 13.5 Å². The van der Waals surface area contributed by atoms with E-state index in [1.807, 2.05) is 25.1 Å². The Labute approximate surface area is 105 Å². The molecule has 0 heterocycles. The molecule has 2 aromatic carbocycles. The standard InChI is InChI=1S/C14H13ClFN/c1-9-6-10(8-17)2-4-12(9)13-5-3-11(15)7-14(13)16/h2-7H,8,17H2,1H3. The number of hydrogen-bond donors (Lipinski definition) is 1. The van der Waals surface area contributed by atoms with Crippen LogP contribution in [-0.2, 0) is 6.54 Å². The number of halogens is 2. The summed E-state index contributed by atoms with van der Waals surface area (Å²) in [5, 5.41) is 0.405. The molecule has 0 aliphatic carbocycles. The van der Waals surface area contributed by atoms with Gasteiger partial charge in [-0.05, 0) is 41.8 Å². The lowest BCUT2D eigenvalue weighted by Crippen LogP contribution is -1.97. The molecule has 0 saturated heterocycles. The fourth-order valence-corrected chi connectivity index (χ4v) is 2.02. The summed E-state index contributed by atoms with van der Waals surface area (Å²) in [4.78, 5) is 0. The number of rotatable bonds is 2. The Morgan fingerprint density at radius 2 is 1.82 bits per heavy atom. The second-order valence-corrected chi connectivity index (χ2v) is 4.41. The van der Waals surface area contributed by atoms with Crippen LogP contribution in [0.5, 0.6) is 0 Å². The molecule has 0 saturated carbocycles. The highest BCUT2D eigenvalue weighted by molar-refractivity contribution is 6.30. The maximum Gasteiger partial charge on any atom is 0.132 e. The zero-order valence-electron chi connectivity index (χ0n) is 9.50. The van der Waals surface area contributed by atoms with E-state index in [2.05, 4.69) is 0 Å². The van der Waals surface area contributed by atoms with Gasteiger partial charge in [-0.2, -0.15) is 0 Å². The van der Waals surface area contributed by atoms with E-state index >= 15 is 0 Å². The van der Waals surface area contributed by atoms with Crippen LogP contribution in [0.4, 0.5) is 4.39 Å². The lowest BCUT2D eigenvalue weighted by molar-refractivity contribution is 0.631. The molecule has 0 unspecified atom stereocenters. The molecular formula is C14H13ClFN. The lowest BCUT2D eigenvalue weighted by Gasteiger charge is -2.09. The minimum absolute atomic E-state index is 0.305. The van der Waals surface area contributed by atoms with E-state index in [4.69, 9.17) is 17.3 Å². The molecule has 0 atom stereocenters. The van der Waals surface area contributed by atoms with Crippen molar-refractivity contribution in [1.29, 1.82) is 0 Å². The largest absolute Gasteiger partial charge is 0.326 e. The number of aryl methyl sites for hydroxylation is 1. The van der Waals surface area contributed by atoms with Gasteiger partial charge < -0.3 is 5.73 Å². The van der Waals surface area contributed by atoms with E-state index in [1.165, 1.54) is 6.07 Å². The van der Waals surface area contributed by atoms with Crippen LogP contribution in [0.2, 0.25) is 5.02 Å². The maximum absolute atomic E-state index is 13.8. The van der Waals surface area contributed by atoms with Crippen LogP contribution in [0.1, 0.15) is 11.1 Å². The van der Waals surface area contributed by atoms with Crippen molar-refractivity contribution in [2.24, 2.45) is 5.73 Å². The van der Waals surface area contributed by atoms with E-state index in [1.54, 1.807) is 12.1 Å². The first-order valence-corrected chi connectivity index (χ1v) is 5.74. The SMILES string of the molecule is Cc1cc(CN)ccc1-c1ccc(Cl)cc1F. The van der Waals surface area contributed by atoms with Gasteiger partial charge in [-0.1, -0.05) is 29.8 Å². The summed E-state index contributed by atoms with van der Waals surface area (Å²) in [7, 11) is 0. The van der Waals surface area contributed by atoms with E-state index < -0.39 is 0 Å². The van der Waals surface area contributed by atoms with Gasteiger partial charge >= 0.3 is 0 Å². The molecule has 1 nitrogen and oxygen atoms in total. The van der Waals surface area contributed by atoms with Crippen molar-refractivity contribution in [3.05, 3.63) is 58.4 Å². The van der Waals surface area contributed by atoms with Crippen LogP contribution >= 0.6 is 11.6 Å². The molecule has 3 heteroatoms. The molecule has 0 spiro atoms. The van der Waals surface area contributed by atoms with Crippen molar-refractivity contribution in [3.8, 4) is 11.1 Å². The van der Waals surface area contributed by atoms with Gasteiger partial charge in [-0.15, -0.1) is 0 Å². The van der Waals surface area contributed by atoms with Crippen molar-refractivity contribution >= 4 is 11.6 Å². The quantitative estimate of drug-likeness (QED) is 0.858. The predicted octanol–water partition coefficient (Wildman–Crippen LogP) is 3.91. The highest BCUT2D eigenvalue weighted by Crippen LogP contribution is 2.28. The molecule has 0 aromatic heterocycles. The van der Waals surface area contributed by atoms with Gasteiger partial charge in [0.25, 0.3) is 0 Å². The molecule has 2 N–H and O–H groups in total. The molecule has 0 fully saturated rings. The summed E-state index contributed by atoms with van der Waals surface area (Å²) in [6.45, 7) is 2.44. The Morgan fingerprint density at radius 3 is 2.41 bits per heavy atom. The van der Waals surface area contributed by atoms with Crippen LogP contribution < -0.4 is 5.73 Å². The van der Waals surface area contributed by atoms with Gasteiger partial charge in [0.15, 0.2) is 0 Å². The third kappa shape index (κ3) is 2.48. The Balaban J connectivity index is 2.53. The van der Waals surface area contributed by atoms with Gasteiger partial charge in [-0.25, -0.2) is 4.39 Å². The smallest absolute Gasteiger partial charge is 0.132 e. The lowest BCUT2D eigenvalue weighted by atomic mass is 9.98. The molecule has 0 aliphatic heterocycles. The average molecular weight is 250 g/mol. The summed E-state index contributed by atoms with van der Waals surface area (Å²) < 4.78 is 13.8.